The highest BCUT2D eigenvalue weighted by molar-refractivity contribution is 5.03. The molecule has 11 heavy (non-hydrogen) atoms. The average Bonchev–Trinajstić information content (AvgIpc) is 2.55. The molecule has 1 unspecified atom stereocenters. The average molecular weight is 153 g/mol. The smallest absolute Gasteiger partial charge is 0.111 e. The molecule has 1 aliphatic carbocycles. The van der Waals surface area contributed by atoms with Crippen molar-refractivity contribution < 1.29 is 4.74 Å². The molecule has 1 saturated heterocycles. The number of nitrogens with one attached hydrogen (secondary N) is 1. The summed E-state index contributed by atoms with van der Waals surface area (Å²) in [5, 5.41) is 3.36. The zero-order valence-electron chi connectivity index (χ0n) is 6.81. The Hall–Kier alpha value is -0.340. The molecule has 2 rings (SSSR count). The van der Waals surface area contributed by atoms with E-state index in [2.05, 4.69) is 11.9 Å². The monoisotopic (exact) mass is 153 g/mol. The maximum atomic E-state index is 5.53. The number of hydrogen-bond acceptors (Lipinski definition) is 2. The summed E-state index contributed by atoms with van der Waals surface area (Å²) < 4.78 is 5.53. The van der Waals surface area contributed by atoms with E-state index in [4.69, 9.17) is 4.74 Å². The lowest BCUT2D eigenvalue weighted by Crippen LogP contribution is -2.29. The van der Waals surface area contributed by atoms with E-state index < -0.39 is 0 Å². The van der Waals surface area contributed by atoms with Gasteiger partial charge in [-0.2, -0.15) is 0 Å². The maximum Gasteiger partial charge on any atom is 0.111 e. The third-order valence-electron chi connectivity index (χ3n) is 2.59. The van der Waals surface area contributed by atoms with Gasteiger partial charge in [0.15, 0.2) is 0 Å². The van der Waals surface area contributed by atoms with Crippen molar-refractivity contribution in [1.29, 1.82) is 0 Å². The molecular weight excluding hydrogens is 138 g/mol. The molecule has 0 aromatic carbocycles. The van der Waals surface area contributed by atoms with Crippen molar-refractivity contribution in [2.75, 3.05) is 13.2 Å². The van der Waals surface area contributed by atoms with Crippen LogP contribution in [0.4, 0.5) is 0 Å². The lowest BCUT2D eigenvalue weighted by atomic mass is 10.1. The van der Waals surface area contributed by atoms with E-state index in [0.29, 0.717) is 12.1 Å². The molecular formula is C9H15NO. The van der Waals surface area contributed by atoms with E-state index >= 15 is 0 Å². The van der Waals surface area contributed by atoms with Crippen LogP contribution in [-0.2, 0) is 4.74 Å². The van der Waals surface area contributed by atoms with Crippen molar-refractivity contribution in [3.8, 4) is 0 Å². The highest BCUT2D eigenvalue weighted by Crippen LogP contribution is 2.32. The molecule has 2 aliphatic rings. The van der Waals surface area contributed by atoms with E-state index in [9.17, 15) is 0 Å². The first kappa shape index (κ1) is 7.32. The van der Waals surface area contributed by atoms with Crippen LogP contribution in [0.1, 0.15) is 19.3 Å². The number of rotatable bonds is 1. The Morgan fingerprint density at radius 1 is 1.55 bits per heavy atom. The topological polar surface area (TPSA) is 21.3 Å². The summed E-state index contributed by atoms with van der Waals surface area (Å²) in [5.41, 5.74) is 1.40. The Morgan fingerprint density at radius 3 is 3.00 bits per heavy atom. The molecule has 1 heterocycles. The van der Waals surface area contributed by atoms with Crippen LogP contribution >= 0.6 is 0 Å². The molecule has 1 saturated carbocycles. The SMILES string of the molecule is C=C1CC[C@H](C2NCCO2)C1. The highest BCUT2D eigenvalue weighted by Gasteiger charge is 2.29. The maximum absolute atomic E-state index is 5.53. The van der Waals surface area contributed by atoms with Crippen LogP contribution in [0.3, 0.4) is 0 Å². The molecule has 1 N–H and O–H groups in total. The van der Waals surface area contributed by atoms with Crippen LogP contribution in [0.2, 0.25) is 0 Å². The largest absolute Gasteiger partial charge is 0.362 e. The fourth-order valence-electron chi connectivity index (χ4n) is 1.97. The Kier molecular flexibility index (Phi) is 1.96. The van der Waals surface area contributed by atoms with Crippen LogP contribution in [0.25, 0.3) is 0 Å². The van der Waals surface area contributed by atoms with Crippen molar-refractivity contribution >= 4 is 0 Å². The summed E-state index contributed by atoms with van der Waals surface area (Å²) in [6.45, 7) is 5.90. The normalized spacial score (nSPS) is 38.4. The van der Waals surface area contributed by atoms with E-state index in [0.717, 1.165) is 19.6 Å². The van der Waals surface area contributed by atoms with Gasteiger partial charge in [-0.3, -0.25) is 5.32 Å². The minimum atomic E-state index is 0.328. The standard InChI is InChI=1S/C9H15NO/c1-7-2-3-8(6-7)9-10-4-5-11-9/h8-10H,1-6H2/t8-,9?/m0/s1. The lowest BCUT2D eigenvalue weighted by Gasteiger charge is -2.16. The Morgan fingerprint density at radius 2 is 2.45 bits per heavy atom. The van der Waals surface area contributed by atoms with E-state index in [1.807, 2.05) is 0 Å². The second kappa shape index (κ2) is 2.95. The van der Waals surface area contributed by atoms with E-state index in [1.54, 1.807) is 0 Å². The first-order valence-electron chi connectivity index (χ1n) is 4.38. The zero-order valence-corrected chi connectivity index (χ0v) is 6.81. The molecule has 1 aliphatic heterocycles. The van der Waals surface area contributed by atoms with Gasteiger partial charge in [-0.05, 0) is 19.3 Å². The van der Waals surface area contributed by atoms with Crippen LogP contribution < -0.4 is 5.32 Å². The van der Waals surface area contributed by atoms with Crippen LogP contribution in [0, 0.1) is 5.92 Å². The summed E-state index contributed by atoms with van der Waals surface area (Å²) in [5.74, 6) is 0.699. The minimum absolute atomic E-state index is 0.328. The van der Waals surface area contributed by atoms with Crippen molar-refractivity contribution in [2.24, 2.45) is 5.92 Å². The Labute approximate surface area is 67.6 Å². The number of hydrogen-bond donors (Lipinski definition) is 1. The van der Waals surface area contributed by atoms with Gasteiger partial charge < -0.3 is 4.74 Å². The number of ether oxygens (including phenoxy) is 1. The first-order chi connectivity index (χ1) is 5.36. The summed E-state index contributed by atoms with van der Waals surface area (Å²) in [4.78, 5) is 0. The first-order valence-corrected chi connectivity index (χ1v) is 4.38. The molecule has 0 amide bonds. The quantitative estimate of drug-likeness (QED) is 0.573. The molecule has 0 radical (unpaired) electrons. The summed E-state index contributed by atoms with van der Waals surface area (Å²) in [6.07, 6.45) is 3.95. The molecule has 0 aromatic rings. The van der Waals surface area contributed by atoms with E-state index in [-0.39, 0.29) is 0 Å². The van der Waals surface area contributed by atoms with Gasteiger partial charge in [-0.15, -0.1) is 0 Å². The van der Waals surface area contributed by atoms with E-state index in [1.165, 1.54) is 18.4 Å². The second-order valence-corrected chi connectivity index (χ2v) is 3.50. The van der Waals surface area contributed by atoms with Crippen LogP contribution in [0.5, 0.6) is 0 Å². The molecule has 2 fully saturated rings. The van der Waals surface area contributed by atoms with Crippen molar-refractivity contribution in [1.82, 2.24) is 5.32 Å². The van der Waals surface area contributed by atoms with Gasteiger partial charge in [0.2, 0.25) is 0 Å². The molecule has 2 atom stereocenters. The fourth-order valence-corrected chi connectivity index (χ4v) is 1.97. The van der Waals surface area contributed by atoms with Gasteiger partial charge in [0, 0.05) is 12.5 Å². The molecule has 0 aromatic heterocycles. The molecule has 2 heteroatoms. The predicted octanol–water partition coefficient (Wildman–Crippen LogP) is 1.29. The van der Waals surface area contributed by atoms with Crippen molar-refractivity contribution in [3.63, 3.8) is 0 Å². The third-order valence-corrected chi connectivity index (χ3v) is 2.59. The van der Waals surface area contributed by atoms with Crippen molar-refractivity contribution in [2.45, 2.75) is 25.5 Å². The van der Waals surface area contributed by atoms with Gasteiger partial charge in [0.25, 0.3) is 0 Å². The molecule has 2 nitrogen and oxygen atoms in total. The zero-order chi connectivity index (χ0) is 7.68. The molecule has 0 spiro atoms. The van der Waals surface area contributed by atoms with Gasteiger partial charge in [-0.25, -0.2) is 0 Å². The summed E-state index contributed by atoms with van der Waals surface area (Å²) in [7, 11) is 0. The predicted molar refractivity (Wildman–Crippen MR) is 44.2 cm³/mol. The summed E-state index contributed by atoms with van der Waals surface area (Å²) in [6, 6.07) is 0. The minimum Gasteiger partial charge on any atom is -0.362 e. The van der Waals surface area contributed by atoms with Crippen molar-refractivity contribution in [3.05, 3.63) is 12.2 Å². The summed E-state index contributed by atoms with van der Waals surface area (Å²) >= 11 is 0. The third kappa shape index (κ3) is 1.47. The van der Waals surface area contributed by atoms with Gasteiger partial charge in [0.1, 0.15) is 6.23 Å². The highest BCUT2D eigenvalue weighted by atomic mass is 16.5. The Bertz CT molecular complexity index is 161. The fraction of sp³-hybridized carbons (Fsp3) is 0.778. The van der Waals surface area contributed by atoms with Crippen LogP contribution in [-0.4, -0.2) is 19.4 Å². The molecule has 62 valence electrons. The second-order valence-electron chi connectivity index (χ2n) is 3.50. The van der Waals surface area contributed by atoms with Crippen LogP contribution in [0.15, 0.2) is 12.2 Å². The van der Waals surface area contributed by atoms with Gasteiger partial charge in [-0.1, -0.05) is 12.2 Å². The molecule has 0 bridgehead atoms. The Balaban J connectivity index is 1.90. The number of allylic oxidation sites excluding steroid dienone is 1. The van der Waals surface area contributed by atoms with Gasteiger partial charge in [0.05, 0.1) is 6.61 Å². The lowest BCUT2D eigenvalue weighted by molar-refractivity contribution is 0.0554. The van der Waals surface area contributed by atoms with Gasteiger partial charge >= 0.3 is 0 Å².